The molecule has 0 spiro atoms. The first-order valence-electron chi connectivity index (χ1n) is 8.88. The van der Waals surface area contributed by atoms with Crippen molar-refractivity contribution in [3.05, 3.63) is 41.0 Å². The monoisotopic (exact) mass is 374 g/mol. The van der Waals surface area contributed by atoms with Gasteiger partial charge >= 0.3 is 0 Å². The van der Waals surface area contributed by atoms with Crippen LogP contribution < -0.4 is 22.1 Å². The van der Waals surface area contributed by atoms with Crippen molar-refractivity contribution in [2.24, 2.45) is 17.4 Å². The molecule has 2 aromatic heterocycles. The van der Waals surface area contributed by atoms with Gasteiger partial charge in [0.25, 0.3) is 5.91 Å². The molecule has 146 valence electrons. The highest BCUT2D eigenvalue weighted by molar-refractivity contribution is 5.98. The highest BCUT2D eigenvalue weighted by Gasteiger charge is 2.19. The number of carbonyl (C=O) groups is 1. The number of nitrogens with zero attached hydrogens (tertiary/aromatic N) is 2. The third-order valence-electron chi connectivity index (χ3n) is 4.23. The standard InChI is InChI=1S/C19H27FN6O/c1-10(2)5-13(8-21)24-19-16(20)7-15(17(22)27)18(26-19)25-14-6-11(3)12(4)23-9-14/h6-7,9-10,13H,5,8,21H2,1-4H3,(H2,22,27)(H2,24,25,26)/t13-/m1/s1. The summed E-state index contributed by atoms with van der Waals surface area (Å²) in [6, 6.07) is 2.81. The molecule has 0 aliphatic heterocycles. The second kappa shape index (κ2) is 8.77. The maximum atomic E-state index is 14.5. The van der Waals surface area contributed by atoms with Crippen LogP contribution in [0, 0.1) is 25.6 Å². The first-order chi connectivity index (χ1) is 12.7. The van der Waals surface area contributed by atoms with E-state index in [1.807, 2.05) is 19.9 Å². The average Bonchev–Trinajstić information content (AvgIpc) is 2.59. The van der Waals surface area contributed by atoms with Crippen LogP contribution in [0.15, 0.2) is 18.3 Å². The summed E-state index contributed by atoms with van der Waals surface area (Å²) in [6.07, 6.45) is 2.38. The Morgan fingerprint density at radius 3 is 2.52 bits per heavy atom. The Kier molecular flexibility index (Phi) is 6.68. The van der Waals surface area contributed by atoms with Crippen LogP contribution in [0.3, 0.4) is 0 Å². The molecule has 2 rings (SSSR count). The SMILES string of the molecule is Cc1cc(Nc2nc(N[C@@H](CN)CC(C)C)c(F)cc2C(N)=O)cnc1C. The minimum absolute atomic E-state index is 0.0235. The van der Waals surface area contributed by atoms with Gasteiger partial charge in [0, 0.05) is 18.3 Å². The molecule has 0 aliphatic carbocycles. The van der Waals surface area contributed by atoms with Crippen LogP contribution in [-0.4, -0.2) is 28.5 Å². The van der Waals surface area contributed by atoms with E-state index >= 15 is 0 Å². The van der Waals surface area contributed by atoms with Crippen molar-refractivity contribution in [2.75, 3.05) is 17.2 Å². The quantitative estimate of drug-likeness (QED) is 0.564. The van der Waals surface area contributed by atoms with Gasteiger partial charge in [-0.25, -0.2) is 9.37 Å². The Labute approximate surface area is 158 Å². The van der Waals surface area contributed by atoms with Crippen LogP contribution in [0.5, 0.6) is 0 Å². The lowest BCUT2D eigenvalue weighted by atomic mass is 10.0. The summed E-state index contributed by atoms with van der Waals surface area (Å²) in [7, 11) is 0. The van der Waals surface area contributed by atoms with Gasteiger partial charge in [0.1, 0.15) is 5.82 Å². The molecular weight excluding hydrogens is 347 g/mol. The summed E-state index contributed by atoms with van der Waals surface area (Å²) in [5, 5.41) is 6.03. The van der Waals surface area contributed by atoms with Crippen molar-refractivity contribution in [1.29, 1.82) is 0 Å². The smallest absolute Gasteiger partial charge is 0.252 e. The van der Waals surface area contributed by atoms with Gasteiger partial charge in [0.05, 0.1) is 17.4 Å². The second-order valence-electron chi connectivity index (χ2n) is 7.04. The maximum absolute atomic E-state index is 14.5. The number of nitrogens with one attached hydrogen (secondary N) is 2. The van der Waals surface area contributed by atoms with Crippen LogP contribution >= 0.6 is 0 Å². The van der Waals surface area contributed by atoms with Gasteiger partial charge in [-0.2, -0.15) is 0 Å². The molecule has 27 heavy (non-hydrogen) atoms. The summed E-state index contributed by atoms with van der Waals surface area (Å²) in [5.41, 5.74) is 13.6. The first-order valence-corrected chi connectivity index (χ1v) is 8.88. The Hall–Kier alpha value is -2.74. The molecule has 0 fully saturated rings. The molecule has 1 atom stereocenters. The highest BCUT2D eigenvalue weighted by atomic mass is 19.1. The Bertz CT molecular complexity index is 824. The molecule has 2 heterocycles. The van der Waals surface area contributed by atoms with E-state index in [1.165, 1.54) is 0 Å². The Balaban J connectivity index is 2.38. The fourth-order valence-corrected chi connectivity index (χ4v) is 2.70. The number of primary amides is 1. The Morgan fingerprint density at radius 2 is 1.96 bits per heavy atom. The molecule has 0 aromatic carbocycles. The number of anilines is 3. The van der Waals surface area contributed by atoms with Crippen LogP contribution in [0.4, 0.5) is 21.7 Å². The van der Waals surface area contributed by atoms with Gasteiger partial charge in [0.15, 0.2) is 11.6 Å². The third kappa shape index (κ3) is 5.37. The number of halogens is 1. The lowest BCUT2D eigenvalue weighted by Crippen LogP contribution is -2.31. The van der Waals surface area contributed by atoms with Gasteiger partial charge in [-0.15, -0.1) is 0 Å². The molecular formula is C19H27FN6O. The third-order valence-corrected chi connectivity index (χ3v) is 4.23. The number of aryl methyl sites for hydroxylation is 2. The molecule has 6 N–H and O–H groups in total. The molecule has 0 bridgehead atoms. The fraction of sp³-hybridized carbons (Fsp3) is 0.421. The van der Waals surface area contributed by atoms with Crippen LogP contribution in [0.2, 0.25) is 0 Å². The van der Waals surface area contributed by atoms with E-state index < -0.39 is 11.7 Å². The summed E-state index contributed by atoms with van der Waals surface area (Å²) in [4.78, 5) is 20.3. The van der Waals surface area contributed by atoms with Crippen LogP contribution in [-0.2, 0) is 0 Å². The zero-order chi connectivity index (χ0) is 20.1. The number of hydrogen-bond acceptors (Lipinski definition) is 6. The minimum atomic E-state index is -0.773. The zero-order valence-corrected chi connectivity index (χ0v) is 16.1. The Morgan fingerprint density at radius 1 is 1.26 bits per heavy atom. The number of nitrogens with two attached hydrogens (primary N) is 2. The number of amides is 1. The molecule has 0 aliphatic rings. The van der Waals surface area contributed by atoms with Gasteiger partial charge < -0.3 is 22.1 Å². The first kappa shape index (κ1) is 20.6. The number of rotatable bonds is 8. The molecule has 0 saturated heterocycles. The molecule has 7 nitrogen and oxygen atoms in total. The molecule has 1 amide bonds. The lowest BCUT2D eigenvalue weighted by Gasteiger charge is -2.21. The number of aromatic nitrogens is 2. The fourth-order valence-electron chi connectivity index (χ4n) is 2.70. The summed E-state index contributed by atoms with van der Waals surface area (Å²) in [5.74, 6) is -0.857. The normalized spacial score (nSPS) is 12.1. The number of hydrogen-bond donors (Lipinski definition) is 4. The van der Waals surface area contributed by atoms with E-state index in [-0.39, 0.29) is 23.2 Å². The molecule has 8 heteroatoms. The van der Waals surface area contributed by atoms with Gasteiger partial charge in [-0.3, -0.25) is 9.78 Å². The van der Waals surface area contributed by atoms with Gasteiger partial charge in [-0.05, 0) is 43.9 Å². The number of pyridine rings is 2. The van der Waals surface area contributed by atoms with Crippen molar-refractivity contribution < 1.29 is 9.18 Å². The minimum Gasteiger partial charge on any atom is -0.365 e. The summed E-state index contributed by atoms with van der Waals surface area (Å²) >= 11 is 0. The van der Waals surface area contributed by atoms with Crippen molar-refractivity contribution in [1.82, 2.24) is 9.97 Å². The van der Waals surface area contributed by atoms with Crippen molar-refractivity contribution in [3.8, 4) is 0 Å². The average molecular weight is 374 g/mol. The lowest BCUT2D eigenvalue weighted by molar-refractivity contribution is 0.100. The van der Waals surface area contributed by atoms with E-state index in [9.17, 15) is 9.18 Å². The molecule has 0 unspecified atom stereocenters. The molecule has 0 radical (unpaired) electrons. The van der Waals surface area contributed by atoms with E-state index in [0.29, 0.717) is 18.2 Å². The number of carbonyl (C=O) groups excluding carboxylic acids is 1. The molecule has 0 saturated carbocycles. The van der Waals surface area contributed by atoms with Crippen molar-refractivity contribution in [2.45, 2.75) is 40.2 Å². The largest absolute Gasteiger partial charge is 0.365 e. The van der Waals surface area contributed by atoms with Crippen molar-refractivity contribution in [3.63, 3.8) is 0 Å². The topological polar surface area (TPSA) is 119 Å². The maximum Gasteiger partial charge on any atom is 0.252 e. The predicted octanol–water partition coefficient (Wildman–Crippen LogP) is 2.86. The van der Waals surface area contributed by atoms with E-state index in [4.69, 9.17) is 11.5 Å². The van der Waals surface area contributed by atoms with Gasteiger partial charge in [0.2, 0.25) is 0 Å². The van der Waals surface area contributed by atoms with Crippen LogP contribution in [0.25, 0.3) is 0 Å². The highest BCUT2D eigenvalue weighted by Crippen LogP contribution is 2.25. The summed E-state index contributed by atoms with van der Waals surface area (Å²) in [6.45, 7) is 8.27. The summed E-state index contributed by atoms with van der Waals surface area (Å²) < 4.78 is 14.5. The van der Waals surface area contributed by atoms with Crippen LogP contribution in [0.1, 0.15) is 41.9 Å². The molecule has 2 aromatic rings. The second-order valence-corrected chi connectivity index (χ2v) is 7.04. The predicted molar refractivity (Wildman–Crippen MR) is 106 cm³/mol. The van der Waals surface area contributed by atoms with E-state index in [1.54, 1.807) is 6.20 Å². The zero-order valence-electron chi connectivity index (χ0n) is 16.1. The van der Waals surface area contributed by atoms with Crippen molar-refractivity contribution >= 4 is 23.2 Å². The van der Waals surface area contributed by atoms with E-state index in [2.05, 4.69) is 34.4 Å². The van der Waals surface area contributed by atoms with E-state index in [0.717, 1.165) is 23.7 Å². The van der Waals surface area contributed by atoms with Gasteiger partial charge in [-0.1, -0.05) is 13.8 Å².